The summed E-state index contributed by atoms with van der Waals surface area (Å²) >= 11 is 3.54. The second-order valence-corrected chi connectivity index (χ2v) is 5.95. The molecule has 0 aromatic carbocycles. The minimum Gasteiger partial charge on any atom is -0.361 e. The number of aryl methyl sites for hydroxylation is 1. The van der Waals surface area contributed by atoms with E-state index in [4.69, 9.17) is 4.52 Å². The average Bonchev–Trinajstić information content (AvgIpc) is 2.76. The van der Waals surface area contributed by atoms with Crippen molar-refractivity contribution >= 4 is 21.8 Å². The van der Waals surface area contributed by atoms with Crippen molar-refractivity contribution in [3.05, 3.63) is 17.5 Å². The summed E-state index contributed by atoms with van der Waals surface area (Å²) in [4.78, 5) is 12.1. The molecule has 1 aliphatic carbocycles. The maximum atomic E-state index is 12.1. The van der Waals surface area contributed by atoms with Crippen LogP contribution in [0.4, 0.5) is 0 Å². The maximum Gasteiger partial charge on any atom is 0.273 e. The molecule has 1 amide bonds. The topological polar surface area (TPSA) is 55.1 Å². The number of halogens is 1. The molecule has 1 saturated carbocycles. The maximum absolute atomic E-state index is 12.1. The molecule has 0 radical (unpaired) electrons. The Morgan fingerprint density at radius 2 is 2.50 bits per heavy atom. The lowest BCUT2D eigenvalue weighted by molar-refractivity contribution is 0.0860. The predicted octanol–water partition coefficient (Wildman–Crippen LogP) is 3.06. The van der Waals surface area contributed by atoms with E-state index in [9.17, 15) is 4.79 Å². The van der Waals surface area contributed by atoms with E-state index in [0.29, 0.717) is 17.4 Å². The van der Waals surface area contributed by atoms with Crippen molar-refractivity contribution in [2.45, 2.75) is 45.1 Å². The van der Waals surface area contributed by atoms with Gasteiger partial charge in [-0.15, -0.1) is 0 Å². The molecular weight excluding hydrogens is 296 g/mol. The molecule has 18 heavy (non-hydrogen) atoms. The van der Waals surface area contributed by atoms with Gasteiger partial charge >= 0.3 is 0 Å². The van der Waals surface area contributed by atoms with E-state index in [1.54, 1.807) is 13.0 Å². The number of amides is 1. The first-order chi connectivity index (χ1) is 8.54. The Bertz CT molecular complexity index is 432. The Morgan fingerprint density at radius 1 is 1.72 bits per heavy atom. The van der Waals surface area contributed by atoms with Gasteiger partial charge in [0, 0.05) is 11.4 Å². The van der Waals surface area contributed by atoms with E-state index in [0.717, 1.165) is 24.6 Å². The summed E-state index contributed by atoms with van der Waals surface area (Å²) in [5.74, 6) is 1.17. The first-order valence-corrected chi connectivity index (χ1v) is 7.49. The predicted molar refractivity (Wildman–Crippen MR) is 72.9 cm³/mol. The molecule has 1 fully saturated rings. The molecule has 100 valence electrons. The number of hydrogen-bond donors (Lipinski definition) is 1. The number of nitrogens with one attached hydrogen (secondary N) is 1. The van der Waals surface area contributed by atoms with Crippen molar-refractivity contribution in [1.82, 2.24) is 10.5 Å². The molecule has 2 unspecified atom stereocenters. The van der Waals surface area contributed by atoms with Crippen LogP contribution in [0.15, 0.2) is 10.6 Å². The van der Waals surface area contributed by atoms with Gasteiger partial charge < -0.3 is 9.84 Å². The number of hydrogen-bond acceptors (Lipinski definition) is 3. The van der Waals surface area contributed by atoms with Crippen LogP contribution in [0.1, 0.15) is 48.9 Å². The lowest BCUT2D eigenvalue weighted by Crippen LogP contribution is -2.52. The van der Waals surface area contributed by atoms with Crippen LogP contribution in [-0.4, -0.2) is 21.9 Å². The standard InChI is InChI=1S/C13H19BrN2O2/c1-9-4-3-5-13(7-9,8-14)15-12(17)11-6-10(2)18-16-11/h6,9H,3-5,7-8H2,1-2H3,(H,15,17). The molecule has 1 aromatic heterocycles. The van der Waals surface area contributed by atoms with E-state index in [1.807, 2.05) is 0 Å². The SMILES string of the molecule is Cc1cc(C(=O)NC2(CBr)CCCC(C)C2)no1. The van der Waals surface area contributed by atoms with Crippen LogP contribution in [0.3, 0.4) is 0 Å². The molecule has 0 bridgehead atoms. The number of aromatic nitrogens is 1. The highest BCUT2D eigenvalue weighted by atomic mass is 79.9. The molecule has 0 spiro atoms. The van der Waals surface area contributed by atoms with Crippen molar-refractivity contribution in [3.8, 4) is 0 Å². The third-order valence-electron chi connectivity index (χ3n) is 3.59. The first kappa shape index (κ1) is 13.6. The van der Waals surface area contributed by atoms with Crippen LogP contribution in [0, 0.1) is 12.8 Å². The van der Waals surface area contributed by atoms with Crippen molar-refractivity contribution in [2.75, 3.05) is 5.33 Å². The molecular formula is C13H19BrN2O2. The Kier molecular flexibility index (Phi) is 4.10. The first-order valence-electron chi connectivity index (χ1n) is 6.36. The van der Waals surface area contributed by atoms with Crippen LogP contribution < -0.4 is 5.32 Å². The van der Waals surface area contributed by atoms with Gasteiger partial charge in [-0.25, -0.2) is 0 Å². The van der Waals surface area contributed by atoms with Crippen molar-refractivity contribution < 1.29 is 9.32 Å². The molecule has 2 rings (SSSR count). The van der Waals surface area contributed by atoms with Crippen LogP contribution >= 0.6 is 15.9 Å². The van der Waals surface area contributed by atoms with Crippen LogP contribution in [0.5, 0.6) is 0 Å². The molecule has 0 saturated heterocycles. The largest absolute Gasteiger partial charge is 0.361 e. The average molecular weight is 315 g/mol. The van der Waals surface area contributed by atoms with Gasteiger partial charge in [-0.05, 0) is 25.7 Å². The highest BCUT2D eigenvalue weighted by molar-refractivity contribution is 9.09. The third kappa shape index (κ3) is 2.94. The van der Waals surface area contributed by atoms with Gasteiger partial charge in [0.25, 0.3) is 5.91 Å². The van der Waals surface area contributed by atoms with Crippen LogP contribution in [0.25, 0.3) is 0 Å². The highest BCUT2D eigenvalue weighted by Gasteiger charge is 2.36. The monoisotopic (exact) mass is 314 g/mol. The Morgan fingerprint density at radius 3 is 3.06 bits per heavy atom. The lowest BCUT2D eigenvalue weighted by Gasteiger charge is -2.39. The molecule has 5 heteroatoms. The van der Waals surface area contributed by atoms with E-state index in [1.165, 1.54) is 6.42 Å². The summed E-state index contributed by atoms with van der Waals surface area (Å²) < 4.78 is 4.94. The summed E-state index contributed by atoms with van der Waals surface area (Å²) in [6.07, 6.45) is 4.44. The van der Waals surface area contributed by atoms with Crippen molar-refractivity contribution in [2.24, 2.45) is 5.92 Å². The summed E-state index contributed by atoms with van der Waals surface area (Å²) in [7, 11) is 0. The Hall–Kier alpha value is -0.840. The van der Waals surface area contributed by atoms with E-state index in [2.05, 4.69) is 33.3 Å². The fourth-order valence-corrected chi connectivity index (χ4v) is 3.36. The zero-order valence-corrected chi connectivity index (χ0v) is 12.4. The third-order valence-corrected chi connectivity index (χ3v) is 4.66. The van der Waals surface area contributed by atoms with Crippen LogP contribution in [-0.2, 0) is 0 Å². The van der Waals surface area contributed by atoms with E-state index in [-0.39, 0.29) is 11.4 Å². The van der Waals surface area contributed by atoms with E-state index >= 15 is 0 Å². The molecule has 4 nitrogen and oxygen atoms in total. The van der Waals surface area contributed by atoms with Crippen molar-refractivity contribution in [3.63, 3.8) is 0 Å². The number of carbonyl (C=O) groups is 1. The van der Waals surface area contributed by atoms with Gasteiger partial charge in [0.2, 0.25) is 0 Å². The summed E-state index contributed by atoms with van der Waals surface area (Å²) in [6, 6.07) is 1.67. The summed E-state index contributed by atoms with van der Waals surface area (Å²) in [5, 5.41) is 7.68. The highest BCUT2D eigenvalue weighted by Crippen LogP contribution is 2.33. The molecule has 2 atom stereocenters. The van der Waals surface area contributed by atoms with Crippen LogP contribution in [0.2, 0.25) is 0 Å². The molecule has 1 aliphatic rings. The van der Waals surface area contributed by atoms with Gasteiger partial charge in [-0.3, -0.25) is 4.79 Å². The zero-order chi connectivity index (χ0) is 13.2. The van der Waals surface area contributed by atoms with Crippen molar-refractivity contribution in [1.29, 1.82) is 0 Å². The second-order valence-electron chi connectivity index (χ2n) is 5.39. The van der Waals surface area contributed by atoms with Gasteiger partial charge in [-0.2, -0.15) is 0 Å². The molecule has 0 aliphatic heterocycles. The summed E-state index contributed by atoms with van der Waals surface area (Å²) in [5.41, 5.74) is 0.229. The smallest absolute Gasteiger partial charge is 0.273 e. The van der Waals surface area contributed by atoms with Gasteiger partial charge in [0.15, 0.2) is 5.69 Å². The summed E-state index contributed by atoms with van der Waals surface area (Å²) in [6.45, 7) is 4.02. The number of alkyl halides is 1. The minimum atomic E-state index is -0.139. The molecule has 1 N–H and O–H groups in total. The van der Waals surface area contributed by atoms with Gasteiger partial charge in [0.1, 0.15) is 5.76 Å². The zero-order valence-electron chi connectivity index (χ0n) is 10.8. The molecule has 1 aromatic rings. The Labute approximate surface area is 116 Å². The van der Waals surface area contributed by atoms with E-state index < -0.39 is 0 Å². The minimum absolute atomic E-state index is 0.137. The second kappa shape index (κ2) is 5.43. The quantitative estimate of drug-likeness (QED) is 0.872. The molecule has 1 heterocycles. The number of nitrogens with zero attached hydrogens (tertiary/aromatic N) is 1. The van der Waals surface area contributed by atoms with Gasteiger partial charge in [-0.1, -0.05) is 40.9 Å². The fourth-order valence-electron chi connectivity index (χ4n) is 2.71. The normalized spacial score (nSPS) is 28.1. The van der Waals surface area contributed by atoms with Gasteiger partial charge in [0.05, 0.1) is 5.54 Å². The Balaban J connectivity index is 2.08. The fraction of sp³-hybridized carbons (Fsp3) is 0.692. The lowest BCUT2D eigenvalue weighted by atomic mass is 9.77. The number of rotatable bonds is 3. The number of carbonyl (C=O) groups excluding carboxylic acids is 1.